The Labute approximate surface area is 115 Å². The Morgan fingerprint density at radius 2 is 2.00 bits per heavy atom. The van der Waals surface area contributed by atoms with Crippen LogP contribution in [0.15, 0.2) is 24.3 Å². The standard InChI is InChI=1S/C15H23NO3/c1-5-16(11-15(3,4)18)14(17)10-19-13-9-7-6-8-12(13)2/h6-9,18H,5,10-11H2,1-4H3. The molecule has 0 aliphatic heterocycles. The Balaban J connectivity index is 2.57. The highest BCUT2D eigenvalue weighted by molar-refractivity contribution is 5.77. The molecule has 1 amide bonds. The third-order valence-corrected chi connectivity index (χ3v) is 2.76. The van der Waals surface area contributed by atoms with Gasteiger partial charge in [-0.25, -0.2) is 0 Å². The van der Waals surface area contributed by atoms with Crippen molar-refractivity contribution in [1.82, 2.24) is 4.90 Å². The third-order valence-electron chi connectivity index (χ3n) is 2.76. The average molecular weight is 265 g/mol. The van der Waals surface area contributed by atoms with E-state index in [1.165, 1.54) is 0 Å². The van der Waals surface area contributed by atoms with Crippen molar-refractivity contribution in [3.8, 4) is 5.75 Å². The van der Waals surface area contributed by atoms with Crippen LogP contribution in [-0.4, -0.2) is 41.2 Å². The van der Waals surface area contributed by atoms with Crippen molar-refractivity contribution in [2.75, 3.05) is 19.7 Å². The fraction of sp³-hybridized carbons (Fsp3) is 0.533. The minimum absolute atomic E-state index is 0.00519. The predicted octanol–water partition coefficient (Wildman–Crippen LogP) is 1.99. The summed E-state index contributed by atoms with van der Waals surface area (Å²) in [5, 5.41) is 9.76. The van der Waals surface area contributed by atoms with E-state index in [0.717, 1.165) is 11.3 Å². The van der Waals surface area contributed by atoms with Gasteiger partial charge in [0.15, 0.2) is 6.61 Å². The Kier molecular flexibility index (Phi) is 5.36. The molecule has 1 N–H and O–H groups in total. The van der Waals surface area contributed by atoms with E-state index in [-0.39, 0.29) is 12.5 Å². The molecule has 1 aromatic rings. The lowest BCUT2D eigenvalue weighted by molar-refractivity contribution is -0.136. The highest BCUT2D eigenvalue weighted by Gasteiger charge is 2.21. The van der Waals surface area contributed by atoms with Crippen molar-refractivity contribution in [1.29, 1.82) is 0 Å². The molecule has 1 rings (SSSR count). The number of amides is 1. The topological polar surface area (TPSA) is 49.8 Å². The first-order chi connectivity index (χ1) is 8.83. The van der Waals surface area contributed by atoms with E-state index in [1.807, 2.05) is 38.1 Å². The zero-order valence-corrected chi connectivity index (χ0v) is 12.1. The van der Waals surface area contributed by atoms with Gasteiger partial charge in [-0.05, 0) is 39.3 Å². The number of aryl methyl sites for hydroxylation is 1. The molecule has 0 saturated carbocycles. The summed E-state index contributed by atoms with van der Waals surface area (Å²) in [7, 11) is 0. The highest BCUT2D eigenvalue weighted by Crippen LogP contribution is 2.16. The summed E-state index contributed by atoms with van der Waals surface area (Å²) in [6.45, 7) is 8.05. The second kappa shape index (κ2) is 6.57. The molecule has 0 heterocycles. The summed E-state index contributed by atoms with van der Waals surface area (Å²) in [5.74, 6) is 0.600. The molecule has 0 aromatic heterocycles. The maximum absolute atomic E-state index is 12.0. The van der Waals surface area contributed by atoms with E-state index >= 15 is 0 Å². The number of nitrogens with zero attached hydrogens (tertiary/aromatic N) is 1. The van der Waals surface area contributed by atoms with Crippen LogP contribution in [0.5, 0.6) is 5.75 Å². The van der Waals surface area contributed by atoms with Gasteiger partial charge in [0.1, 0.15) is 5.75 Å². The number of hydrogen-bond donors (Lipinski definition) is 1. The predicted molar refractivity (Wildman–Crippen MR) is 75.2 cm³/mol. The van der Waals surface area contributed by atoms with Crippen LogP contribution < -0.4 is 4.74 Å². The van der Waals surface area contributed by atoms with Crippen molar-refractivity contribution >= 4 is 5.91 Å². The maximum atomic E-state index is 12.0. The van der Waals surface area contributed by atoms with Crippen LogP contribution in [0, 0.1) is 6.92 Å². The van der Waals surface area contributed by atoms with Crippen LogP contribution >= 0.6 is 0 Å². The van der Waals surface area contributed by atoms with Gasteiger partial charge in [-0.1, -0.05) is 18.2 Å². The van der Waals surface area contributed by atoms with Crippen LogP contribution in [0.4, 0.5) is 0 Å². The van der Waals surface area contributed by atoms with Crippen molar-refractivity contribution in [3.05, 3.63) is 29.8 Å². The Morgan fingerprint density at radius 1 is 1.37 bits per heavy atom. The fourth-order valence-corrected chi connectivity index (χ4v) is 1.79. The monoisotopic (exact) mass is 265 g/mol. The molecule has 0 radical (unpaired) electrons. The van der Waals surface area contributed by atoms with E-state index in [1.54, 1.807) is 18.7 Å². The molecule has 0 atom stereocenters. The summed E-state index contributed by atoms with van der Waals surface area (Å²) in [5.41, 5.74) is 0.106. The minimum Gasteiger partial charge on any atom is -0.484 e. The van der Waals surface area contributed by atoms with Gasteiger partial charge in [0.2, 0.25) is 0 Å². The molecule has 4 nitrogen and oxygen atoms in total. The minimum atomic E-state index is -0.895. The van der Waals surface area contributed by atoms with Gasteiger partial charge in [0, 0.05) is 13.1 Å². The van der Waals surface area contributed by atoms with Crippen LogP contribution in [-0.2, 0) is 4.79 Å². The Morgan fingerprint density at radius 3 is 2.53 bits per heavy atom. The summed E-state index contributed by atoms with van der Waals surface area (Å²) >= 11 is 0. The number of ether oxygens (including phenoxy) is 1. The fourth-order valence-electron chi connectivity index (χ4n) is 1.79. The first-order valence-electron chi connectivity index (χ1n) is 6.52. The van der Waals surface area contributed by atoms with Crippen molar-refractivity contribution in [2.24, 2.45) is 0 Å². The Hall–Kier alpha value is -1.55. The SMILES string of the molecule is CCN(CC(C)(C)O)C(=O)COc1ccccc1C. The molecule has 1 aromatic carbocycles. The number of aliphatic hydroxyl groups is 1. The van der Waals surface area contributed by atoms with Crippen LogP contribution in [0.1, 0.15) is 26.3 Å². The zero-order valence-electron chi connectivity index (χ0n) is 12.1. The highest BCUT2D eigenvalue weighted by atomic mass is 16.5. The van der Waals surface area contributed by atoms with E-state index in [2.05, 4.69) is 0 Å². The van der Waals surface area contributed by atoms with E-state index in [0.29, 0.717) is 13.1 Å². The zero-order chi connectivity index (χ0) is 14.5. The molecule has 0 fully saturated rings. The molecular weight excluding hydrogens is 242 g/mol. The lowest BCUT2D eigenvalue weighted by Crippen LogP contribution is -2.44. The molecule has 0 aliphatic carbocycles. The normalized spacial score (nSPS) is 11.2. The lowest BCUT2D eigenvalue weighted by atomic mass is 10.1. The number of para-hydroxylation sites is 1. The third kappa shape index (κ3) is 5.30. The lowest BCUT2D eigenvalue weighted by Gasteiger charge is -2.28. The number of carbonyl (C=O) groups is 1. The van der Waals surface area contributed by atoms with Gasteiger partial charge in [0.25, 0.3) is 5.91 Å². The summed E-state index contributed by atoms with van der Waals surface area (Å²) in [6.07, 6.45) is 0. The summed E-state index contributed by atoms with van der Waals surface area (Å²) < 4.78 is 5.52. The second-order valence-electron chi connectivity index (χ2n) is 5.27. The van der Waals surface area contributed by atoms with Gasteiger partial charge in [-0.3, -0.25) is 4.79 Å². The first kappa shape index (κ1) is 15.5. The van der Waals surface area contributed by atoms with Gasteiger partial charge in [-0.2, -0.15) is 0 Å². The summed E-state index contributed by atoms with van der Waals surface area (Å²) in [4.78, 5) is 13.6. The van der Waals surface area contributed by atoms with Crippen molar-refractivity contribution < 1.29 is 14.6 Å². The van der Waals surface area contributed by atoms with Crippen LogP contribution in [0.2, 0.25) is 0 Å². The number of rotatable bonds is 6. The largest absolute Gasteiger partial charge is 0.484 e. The van der Waals surface area contributed by atoms with Gasteiger partial charge in [0.05, 0.1) is 5.60 Å². The van der Waals surface area contributed by atoms with Gasteiger partial charge < -0.3 is 14.7 Å². The van der Waals surface area contributed by atoms with Gasteiger partial charge >= 0.3 is 0 Å². The molecule has 0 aliphatic rings. The van der Waals surface area contributed by atoms with E-state index < -0.39 is 5.60 Å². The number of hydrogen-bond acceptors (Lipinski definition) is 3. The molecule has 0 spiro atoms. The smallest absolute Gasteiger partial charge is 0.260 e. The van der Waals surface area contributed by atoms with Crippen molar-refractivity contribution in [3.63, 3.8) is 0 Å². The van der Waals surface area contributed by atoms with E-state index in [4.69, 9.17) is 4.74 Å². The van der Waals surface area contributed by atoms with Crippen LogP contribution in [0.3, 0.4) is 0 Å². The molecular formula is C15H23NO3. The number of benzene rings is 1. The van der Waals surface area contributed by atoms with Gasteiger partial charge in [-0.15, -0.1) is 0 Å². The van der Waals surface area contributed by atoms with E-state index in [9.17, 15) is 9.90 Å². The van der Waals surface area contributed by atoms with Crippen LogP contribution in [0.25, 0.3) is 0 Å². The maximum Gasteiger partial charge on any atom is 0.260 e. The molecule has 19 heavy (non-hydrogen) atoms. The molecule has 4 heteroatoms. The molecule has 0 unspecified atom stereocenters. The Bertz CT molecular complexity index is 424. The molecule has 0 bridgehead atoms. The number of likely N-dealkylation sites (N-methyl/N-ethyl adjacent to an activating group) is 1. The average Bonchev–Trinajstić information content (AvgIpc) is 2.33. The van der Waals surface area contributed by atoms with Crippen molar-refractivity contribution in [2.45, 2.75) is 33.3 Å². The second-order valence-corrected chi connectivity index (χ2v) is 5.27. The molecule has 0 saturated heterocycles. The number of carbonyl (C=O) groups excluding carboxylic acids is 1. The molecule has 106 valence electrons. The quantitative estimate of drug-likeness (QED) is 0.856. The first-order valence-corrected chi connectivity index (χ1v) is 6.52. The summed E-state index contributed by atoms with van der Waals surface area (Å²) in [6, 6.07) is 7.58.